The Morgan fingerprint density at radius 1 is 1.07 bits per heavy atom. The minimum atomic E-state index is -0.972. The fourth-order valence-electron chi connectivity index (χ4n) is 2.81. The standard InChI is InChI=1S/C22H23N3O4/c1-14-5-10-20(28-4)19(13-14)24-21(26)16(3)29-22(27)17-6-8-18(9-7-17)25-15(2)11-12-23-25/h5-13,16H,1-4H3,(H,24,26)/t16-/m0/s1. The fraction of sp³-hybridized carbons (Fsp3) is 0.227. The quantitative estimate of drug-likeness (QED) is 0.646. The highest BCUT2D eigenvalue weighted by atomic mass is 16.5. The number of hydrogen-bond acceptors (Lipinski definition) is 5. The van der Waals surface area contributed by atoms with Crippen LogP contribution in [0.4, 0.5) is 5.69 Å². The number of benzene rings is 2. The van der Waals surface area contributed by atoms with Crippen LogP contribution in [0.25, 0.3) is 5.69 Å². The van der Waals surface area contributed by atoms with Crippen LogP contribution in [0.15, 0.2) is 54.7 Å². The smallest absolute Gasteiger partial charge is 0.338 e. The van der Waals surface area contributed by atoms with Crippen LogP contribution in [0.5, 0.6) is 5.75 Å². The Bertz CT molecular complexity index is 1020. The van der Waals surface area contributed by atoms with Crippen LogP contribution in [0.2, 0.25) is 0 Å². The van der Waals surface area contributed by atoms with Gasteiger partial charge in [-0.1, -0.05) is 6.07 Å². The fourth-order valence-corrected chi connectivity index (χ4v) is 2.81. The van der Waals surface area contributed by atoms with Crippen LogP contribution in [0.3, 0.4) is 0 Å². The van der Waals surface area contributed by atoms with Crippen LogP contribution in [-0.2, 0) is 9.53 Å². The second-order valence-electron chi connectivity index (χ2n) is 6.67. The van der Waals surface area contributed by atoms with Gasteiger partial charge in [-0.3, -0.25) is 4.79 Å². The second kappa shape index (κ2) is 8.60. The zero-order chi connectivity index (χ0) is 21.0. The summed E-state index contributed by atoms with van der Waals surface area (Å²) in [6.45, 7) is 5.38. The number of ether oxygens (including phenoxy) is 2. The van der Waals surface area contributed by atoms with E-state index in [-0.39, 0.29) is 0 Å². The summed E-state index contributed by atoms with van der Waals surface area (Å²) in [4.78, 5) is 24.9. The maximum absolute atomic E-state index is 12.5. The largest absolute Gasteiger partial charge is 0.495 e. The number of hydrogen-bond donors (Lipinski definition) is 1. The van der Waals surface area contributed by atoms with Crippen LogP contribution < -0.4 is 10.1 Å². The molecule has 0 aliphatic heterocycles. The number of methoxy groups -OCH3 is 1. The van der Waals surface area contributed by atoms with Crippen molar-refractivity contribution >= 4 is 17.6 Å². The Morgan fingerprint density at radius 3 is 2.41 bits per heavy atom. The molecule has 0 spiro atoms. The summed E-state index contributed by atoms with van der Waals surface area (Å²) >= 11 is 0. The second-order valence-corrected chi connectivity index (χ2v) is 6.67. The Hall–Kier alpha value is -3.61. The summed E-state index contributed by atoms with van der Waals surface area (Å²) in [6, 6.07) is 14.2. The van der Waals surface area contributed by atoms with Gasteiger partial charge in [0.25, 0.3) is 5.91 Å². The summed E-state index contributed by atoms with van der Waals surface area (Å²) in [7, 11) is 1.53. The third kappa shape index (κ3) is 4.63. The number of nitrogens with zero attached hydrogens (tertiary/aromatic N) is 2. The van der Waals surface area contributed by atoms with E-state index in [9.17, 15) is 9.59 Å². The highest BCUT2D eigenvalue weighted by Gasteiger charge is 2.20. The molecule has 0 saturated heterocycles. The van der Waals surface area contributed by atoms with Gasteiger partial charge in [0.05, 0.1) is 24.0 Å². The molecule has 0 saturated carbocycles. The van der Waals surface area contributed by atoms with Crippen molar-refractivity contribution < 1.29 is 19.1 Å². The first-order chi connectivity index (χ1) is 13.9. The molecule has 0 radical (unpaired) electrons. The van der Waals surface area contributed by atoms with Crippen molar-refractivity contribution in [3.05, 3.63) is 71.5 Å². The number of carbonyl (C=O) groups is 2. The van der Waals surface area contributed by atoms with E-state index in [4.69, 9.17) is 9.47 Å². The highest BCUT2D eigenvalue weighted by Crippen LogP contribution is 2.25. The Labute approximate surface area is 169 Å². The molecule has 0 unspecified atom stereocenters. The zero-order valence-electron chi connectivity index (χ0n) is 16.8. The molecule has 0 aliphatic carbocycles. The molecule has 29 heavy (non-hydrogen) atoms. The van der Waals surface area contributed by atoms with Crippen LogP contribution in [-0.4, -0.2) is 34.9 Å². The summed E-state index contributed by atoms with van der Waals surface area (Å²) in [5.41, 5.74) is 3.67. The molecule has 1 amide bonds. The van der Waals surface area contributed by atoms with Gasteiger partial charge in [0.1, 0.15) is 5.75 Å². The highest BCUT2D eigenvalue weighted by molar-refractivity contribution is 5.98. The zero-order valence-corrected chi connectivity index (χ0v) is 16.8. The first-order valence-corrected chi connectivity index (χ1v) is 9.16. The average molecular weight is 393 g/mol. The molecular weight excluding hydrogens is 370 g/mol. The maximum atomic E-state index is 12.5. The SMILES string of the molecule is COc1ccc(C)cc1NC(=O)[C@H](C)OC(=O)c1ccc(-n2nccc2C)cc1. The lowest BCUT2D eigenvalue weighted by molar-refractivity contribution is -0.123. The summed E-state index contributed by atoms with van der Waals surface area (Å²) < 4.78 is 12.3. The van der Waals surface area contributed by atoms with E-state index in [1.165, 1.54) is 14.0 Å². The lowest BCUT2D eigenvalue weighted by Gasteiger charge is -2.16. The van der Waals surface area contributed by atoms with Gasteiger partial charge in [-0.05, 0) is 68.8 Å². The van der Waals surface area contributed by atoms with E-state index >= 15 is 0 Å². The van der Waals surface area contributed by atoms with Gasteiger partial charge < -0.3 is 14.8 Å². The van der Waals surface area contributed by atoms with E-state index in [1.54, 1.807) is 47.3 Å². The lowest BCUT2D eigenvalue weighted by Crippen LogP contribution is -2.30. The first kappa shape index (κ1) is 20.1. The molecule has 3 rings (SSSR count). The number of anilines is 1. The van der Waals surface area contributed by atoms with Crippen LogP contribution in [0, 0.1) is 13.8 Å². The summed E-state index contributed by atoms with van der Waals surface area (Å²) in [5, 5.41) is 6.97. The normalized spacial score (nSPS) is 11.6. The Balaban J connectivity index is 1.65. The van der Waals surface area contributed by atoms with Crippen molar-refractivity contribution in [2.45, 2.75) is 26.9 Å². The third-order valence-electron chi connectivity index (χ3n) is 4.45. The molecule has 7 nitrogen and oxygen atoms in total. The number of esters is 1. The first-order valence-electron chi connectivity index (χ1n) is 9.16. The lowest BCUT2D eigenvalue weighted by atomic mass is 10.2. The molecule has 1 N–H and O–H groups in total. The van der Waals surface area contributed by atoms with Gasteiger partial charge in [0, 0.05) is 11.9 Å². The minimum Gasteiger partial charge on any atom is -0.495 e. The average Bonchev–Trinajstić information content (AvgIpc) is 3.14. The van der Waals surface area contributed by atoms with Crippen LogP contribution in [0.1, 0.15) is 28.5 Å². The Kier molecular flexibility index (Phi) is 5.97. The molecule has 150 valence electrons. The monoisotopic (exact) mass is 393 g/mol. The molecule has 0 fully saturated rings. The minimum absolute atomic E-state index is 0.353. The summed E-state index contributed by atoms with van der Waals surface area (Å²) in [6.07, 6.45) is 0.738. The molecule has 1 atom stereocenters. The Morgan fingerprint density at radius 2 is 1.79 bits per heavy atom. The van der Waals surface area contributed by atoms with Gasteiger partial charge in [-0.2, -0.15) is 5.10 Å². The maximum Gasteiger partial charge on any atom is 0.338 e. The molecule has 7 heteroatoms. The predicted molar refractivity (Wildman–Crippen MR) is 110 cm³/mol. The van der Waals surface area contributed by atoms with Gasteiger partial charge in [-0.15, -0.1) is 0 Å². The predicted octanol–water partition coefficient (Wildman–Crippen LogP) is 3.68. The van der Waals surface area contributed by atoms with Crippen LogP contribution >= 0.6 is 0 Å². The van der Waals surface area contributed by atoms with Crippen molar-refractivity contribution in [1.82, 2.24) is 9.78 Å². The number of aryl methyl sites for hydroxylation is 2. The number of nitrogens with one attached hydrogen (secondary N) is 1. The van der Waals surface area contributed by atoms with Crippen molar-refractivity contribution in [3.8, 4) is 11.4 Å². The van der Waals surface area contributed by atoms with Crippen molar-refractivity contribution in [3.63, 3.8) is 0 Å². The molecule has 0 bridgehead atoms. The topological polar surface area (TPSA) is 82.5 Å². The van der Waals surface area contributed by atoms with Gasteiger partial charge in [-0.25, -0.2) is 9.48 Å². The van der Waals surface area contributed by atoms with E-state index in [2.05, 4.69) is 10.4 Å². The van der Waals surface area contributed by atoms with Gasteiger partial charge >= 0.3 is 5.97 Å². The molecular formula is C22H23N3O4. The molecule has 2 aromatic carbocycles. The van der Waals surface area contributed by atoms with E-state index in [0.29, 0.717) is 17.0 Å². The van der Waals surface area contributed by atoms with Crippen molar-refractivity contribution in [1.29, 1.82) is 0 Å². The third-order valence-corrected chi connectivity index (χ3v) is 4.45. The molecule has 1 aromatic heterocycles. The molecule has 1 heterocycles. The van der Waals surface area contributed by atoms with E-state index in [0.717, 1.165) is 16.9 Å². The molecule has 3 aromatic rings. The number of aromatic nitrogens is 2. The van der Waals surface area contributed by atoms with E-state index < -0.39 is 18.0 Å². The van der Waals surface area contributed by atoms with Crippen molar-refractivity contribution in [2.24, 2.45) is 0 Å². The van der Waals surface area contributed by atoms with Crippen molar-refractivity contribution in [2.75, 3.05) is 12.4 Å². The van der Waals surface area contributed by atoms with Gasteiger partial charge in [0.15, 0.2) is 6.10 Å². The molecule has 0 aliphatic rings. The summed E-state index contributed by atoms with van der Waals surface area (Å²) in [5.74, 6) is -0.481. The van der Waals surface area contributed by atoms with E-state index in [1.807, 2.05) is 26.0 Å². The number of carbonyl (C=O) groups excluding carboxylic acids is 2. The van der Waals surface area contributed by atoms with Gasteiger partial charge in [0.2, 0.25) is 0 Å². The number of amides is 1. The number of rotatable bonds is 6.